The summed E-state index contributed by atoms with van der Waals surface area (Å²) in [6.07, 6.45) is 5.05. The molecule has 0 radical (unpaired) electrons. The summed E-state index contributed by atoms with van der Waals surface area (Å²) in [6, 6.07) is 0.348. The molecule has 120 valence electrons. The number of carbonyl (C=O) groups is 1. The van der Waals surface area contributed by atoms with Crippen LogP contribution in [0.1, 0.15) is 46.5 Å². The lowest BCUT2D eigenvalue weighted by molar-refractivity contribution is -0.125. The molecule has 2 saturated carbocycles. The standard InChI is InChI=1S/C17H31N3O/c1-16(2)13-5-6-17(3,11-13)15(16)19-14(21)12-20-9-4-7-18-8-10-20/h13,15,18H,4-12H2,1-3H3,(H,19,21). The Kier molecular flexibility index (Phi) is 4.04. The van der Waals surface area contributed by atoms with E-state index in [1.807, 2.05) is 0 Å². The summed E-state index contributed by atoms with van der Waals surface area (Å²) >= 11 is 0. The minimum absolute atomic E-state index is 0.226. The molecule has 3 fully saturated rings. The van der Waals surface area contributed by atoms with Crippen LogP contribution >= 0.6 is 0 Å². The molecule has 2 N–H and O–H groups in total. The van der Waals surface area contributed by atoms with Crippen LogP contribution in [0, 0.1) is 16.7 Å². The monoisotopic (exact) mass is 293 g/mol. The predicted molar refractivity (Wildman–Crippen MR) is 85.1 cm³/mol. The summed E-state index contributed by atoms with van der Waals surface area (Å²) in [5, 5.41) is 6.80. The van der Waals surface area contributed by atoms with Crippen molar-refractivity contribution in [1.29, 1.82) is 0 Å². The molecule has 1 aliphatic heterocycles. The SMILES string of the molecule is CC12CCC(C1)C(C)(C)C2NC(=O)CN1CCCNCC1. The molecule has 2 bridgehead atoms. The highest BCUT2D eigenvalue weighted by molar-refractivity contribution is 5.78. The molecule has 0 spiro atoms. The fourth-order valence-corrected chi connectivity index (χ4v) is 5.13. The Labute approximate surface area is 129 Å². The first-order valence-corrected chi connectivity index (χ1v) is 8.64. The molecule has 3 aliphatic rings. The van der Waals surface area contributed by atoms with E-state index < -0.39 is 0 Å². The number of fused-ring (bicyclic) bond motifs is 2. The summed E-state index contributed by atoms with van der Waals surface area (Å²) in [6.45, 7) is 11.7. The zero-order chi connectivity index (χ0) is 15.1. The second-order valence-electron chi connectivity index (χ2n) is 8.30. The number of hydrogen-bond donors (Lipinski definition) is 2. The van der Waals surface area contributed by atoms with Crippen molar-refractivity contribution in [3.63, 3.8) is 0 Å². The van der Waals surface area contributed by atoms with Gasteiger partial charge in [-0.2, -0.15) is 0 Å². The van der Waals surface area contributed by atoms with Crippen molar-refractivity contribution in [3.05, 3.63) is 0 Å². The van der Waals surface area contributed by atoms with Crippen LogP contribution in [0.15, 0.2) is 0 Å². The fraction of sp³-hybridized carbons (Fsp3) is 0.941. The van der Waals surface area contributed by atoms with E-state index in [2.05, 4.69) is 36.3 Å². The van der Waals surface area contributed by atoms with E-state index in [0.717, 1.165) is 38.5 Å². The molecule has 4 nitrogen and oxygen atoms in total. The van der Waals surface area contributed by atoms with E-state index in [9.17, 15) is 4.79 Å². The van der Waals surface area contributed by atoms with Crippen molar-refractivity contribution in [3.8, 4) is 0 Å². The Morgan fingerprint density at radius 3 is 2.81 bits per heavy atom. The van der Waals surface area contributed by atoms with Crippen LogP contribution in [0.2, 0.25) is 0 Å². The van der Waals surface area contributed by atoms with Crippen LogP contribution in [0.3, 0.4) is 0 Å². The maximum absolute atomic E-state index is 12.5. The summed E-state index contributed by atoms with van der Waals surface area (Å²) in [4.78, 5) is 14.8. The van der Waals surface area contributed by atoms with Crippen molar-refractivity contribution in [2.45, 2.75) is 52.5 Å². The van der Waals surface area contributed by atoms with Crippen LogP contribution in [0.25, 0.3) is 0 Å². The van der Waals surface area contributed by atoms with Gasteiger partial charge in [-0.05, 0) is 55.5 Å². The van der Waals surface area contributed by atoms with Gasteiger partial charge in [-0.25, -0.2) is 0 Å². The lowest BCUT2D eigenvalue weighted by atomic mass is 9.68. The first kappa shape index (κ1) is 15.3. The van der Waals surface area contributed by atoms with E-state index in [1.54, 1.807) is 0 Å². The first-order valence-electron chi connectivity index (χ1n) is 8.64. The Bertz CT molecular complexity index is 396. The average Bonchev–Trinajstić information content (AvgIpc) is 2.75. The molecule has 1 saturated heterocycles. The largest absolute Gasteiger partial charge is 0.351 e. The molecule has 0 aromatic heterocycles. The highest BCUT2D eigenvalue weighted by atomic mass is 16.2. The minimum atomic E-state index is 0.226. The predicted octanol–water partition coefficient (Wildman–Crippen LogP) is 1.61. The Morgan fingerprint density at radius 2 is 2.10 bits per heavy atom. The van der Waals surface area contributed by atoms with E-state index in [1.165, 1.54) is 19.3 Å². The highest BCUT2D eigenvalue weighted by Crippen LogP contribution is 2.62. The second kappa shape index (κ2) is 5.54. The Morgan fingerprint density at radius 1 is 1.29 bits per heavy atom. The van der Waals surface area contributed by atoms with Crippen molar-refractivity contribution >= 4 is 5.91 Å². The van der Waals surface area contributed by atoms with Gasteiger partial charge in [-0.15, -0.1) is 0 Å². The molecule has 0 aromatic rings. The molecule has 3 rings (SSSR count). The number of carbonyl (C=O) groups excluding carboxylic acids is 1. The molecule has 3 unspecified atom stereocenters. The summed E-state index contributed by atoms with van der Waals surface area (Å²) in [5.41, 5.74) is 0.577. The number of rotatable bonds is 3. The average molecular weight is 293 g/mol. The van der Waals surface area contributed by atoms with Crippen LogP contribution in [0.4, 0.5) is 0 Å². The van der Waals surface area contributed by atoms with Gasteiger partial charge >= 0.3 is 0 Å². The number of nitrogens with one attached hydrogen (secondary N) is 2. The maximum atomic E-state index is 12.5. The van der Waals surface area contributed by atoms with Crippen molar-refractivity contribution in [1.82, 2.24) is 15.5 Å². The number of amides is 1. The number of nitrogens with zero attached hydrogens (tertiary/aromatic N) is 1. The number of hydrogen-bond acceptors (Lipinski definition) is 3. The zero-order valence-corrected chi connectivity index (χ0v) is 13.9. The highest BCUT2D eigenvalue weighted by Gasteiger charge is 2.59. The molecule has 4 heteroatoms. The van der Waals surface area contributed by atoms with Crippen LogP contribution in [0.5, 0.6) is 0 Å². The third-order valence-corrected chi connectivity index (χ3v) is 6.38. The maximum Gasteiger partial charge on any atom is 0.234 e. The van der Waals surface area contributed by atoms with Gasteiger partial charge in [0.05, 0.1) is 6.54 Å². The summed E-state index contributed by atoms with van der Waals surface area (Å²) in [7, 11) is 0. The van der Waals surface area contributed by atoms with E-state index in [4.69, 9.17) is 0 Å². The molecule has 1 heterocycles. The fourth-order valence-electron chi connectivity index (χ4n) is 5.13. The van der Waals surface area contributed by atoms with Crippen molar-refractivity contribution in [2.24, 2.45) is 16.7 Å². The third kappa shape index (κ3) is 2.85. The van der Waals surface area contributed by atoms with E-state index >= 15 is 0 Å². The molecule has 21 heavy (non-hydrogen) atoms. The molecule has 0 aromatic carbocycles. The van der Waals surface area contributed by atoms with E-state index in [0.29, 0.717) is 18.0 Å². The lowest BCUT2D eigenvalue weighted by Gasteiger charge is -2.43. The van der Waals surface area contributed by atoms with Gasteiger partial charge in [-0.3, -0.25) is 9.69 Å². The quantitative estimate of drug-likeness (QED) is 0.831. The minimum Gasteiger partial charge on any atom is -0.351 e. The van der Waals surface area contributed by atoms with Gasteiger partial charge in [-0.1, -0.05) is 20.8 Å². The molecular formula is C17H31N3O. The second-order valence-corrected chi connectivity index (χ2v) is 8.30. The summed E-state index contributed by atoms with van der Waals surface area (Å²) < 4.78 is 0. The van der Waals surface area contributed by atoms with Gasteiger partial charge in [0.25, 0.3) is 0 Å². The Balaban J connectivity index is 1.59. The third-order valence-electron chi connectivity index (χ3n) is 6.38. The first-order chi connectivity index (χ1) is 9.92. The van der Waals surface area contributed by atoms with Crippen LogP contribution in [-0.2, 0) is 4.79 Å². The van der Waals surface area contributed by atoms with Gasteiger partial charge < -0.3 is 10.6 Å². The Hall–Kier alpha value is -0.610. The van der Waals surface area contributed by atoms with Gasteiger partial charge in [0.1, 0.15) is 0 Å². The van der Waals surface area contributed by atoms with Crippen LogP contribution < -0.4 is 10.6 Å². The smallest absolute Gasteiger partial charge is 0.234 e. The van der Waals surface area contributed by atoms with Gasteiger partial charge in [0, 0.05) is 19.1 Å². The normalized spacial score (nSPS) is 39.2. The summed E-state index contributed by atoms with van der Waals surface area (Å²) in [5.74, 6) is 1.01. The van der Waals surface area contributed by atoms with Crippen molar-refractivity contribution in [2.75, 3.05) is 32.7 Å². The van der Waals surface area contributed by atoms with Crippen LogP contribution in [-0.4, -0.2) is 49.6 Å². The zero-order valence-electron chi connectivity index (χ0n) is 13.9. The molecule has 2 aliphatic carbocycles. The molecular weight excluding hydrogens is 262 g/mol. The van der Waals surface area contributed by atoms with Gasteiger partial charge in [0.2, 0.25) is 5.91 Å². The topological polar surface area (TPSA) is 44.4 Å². The molecule has 3 atom stereocenters. The van der Waals surface area contributed by atoms with Crippen molar-refractivity contribution < 1.29 is 4.79 Å². The lowest BCUT2D eigenvalue weighted by Crippen LogP contribution is -2.54. The van der Waals surface area contributed by atoms with Gasteiger partial charge in [0.15, 0.2) is 0 Å². The molecule has 1 amide bonds. The van der Waals surface area contributed by atoms with E-state index in [-0.39, 0.29) is 11.3 Å².